The minimum absolute atomic E-state index is 0.0332. The normalized spacial score (nSPS) is 12.2. The molecule has 0 saturated heterocycles. The molecule has 3 rings (SSSR count). The number of fused-ring (bicyclic) bond motifs is 1. The molecular formula is C21H24N2O2. The highest BCUT2D eigenvalue weighted by molar-refractivity contribution is 5.86. The van der Waals surface area contributed by atoms with Crippen LogP contribution in [0.25, 0.3) is 10.9 Å². The van der Waals surface area contributed by atoms with E-state index >= 15 is 0 Å². The number of H-pyrrole nitrogens is 1. The van der Waals surface area contributed by atoms with Crippen molar-refractivity contribution in [2.75, 3.05) is 6.54 Å². The van der Waals surface area contributed by atoms with Gasteiger partial charge in [0.25, 0.3) is 0 Å². The van der Waals surface area contributed by atoms with Gasteiger partial charge in [0, 0.05) is 36.5 Å². The first-order chi connectivity index (χ1) is 12.1. The van der Waals surface area contributed by atoms with E-state index in [0.717, 1.165) is 16.6 Å². The zero-order valence-electron chi connectivity index (χ0n) is 14.5. The SMILES string of the molecule is Cc1cccc2c(CCC(=O)NCC(O)Cc3ccccc3)c[nH]c12. The lowest BCUT2D eigenvalue weighted by Gasteiger charge is -2.12. The summed E-state index contributed by atoms with van der Waals surface area (Å²) in [7, 11) is 0. The van der Waals surface area contributed by atoms with Gasteiger partial charge in [-0.25, -0.2) is 0 Å². The van der Waals surface area contributed by atoms with Crippen molar-refractivity contribution in [3.05, 3.63) is 71.4 Å². The van der Waals surface area contributed by atoms with Gasteiger partial charge >= 0.3 is 0 Å². The van der Waals surface area contributed by atoms with Gasteiger partial charge in [-0.3, -0.25) is 4.79 Å². The number of aryl methyl sites for hydroxylation is 2. The molecular weight excluding hydrogens is 312 g/mol. The Balaban J connectivity index is 1.47. The monoisotopic (exact) mass is 336 g/mol. The lowest BCUT2D eigenvalue weighted by molar-refractivity contribution is -0.121. The number of aliphatic hydroxyl groups is 1. The predicted octanol–water partition coefficient (Wildman–Crippen LogP) is 3.13. The zero-order valence-corrected chi connectivity index (χ0v) is 14.5. The summed E-state index contributed by atoms with van der Waals surface area (Å²) in [6.45, 7) is 2.35. The number of carbonyl (C=O) groups is 1. The molecule has 0 saturated carbocycles. The average molecular weight is 336 g/mol. The van der Waals surface area contributed by atoms with Crippen molar-refractivity contribution >= 4 is 16.8 Å². The Hall–Kier alpha value is -2.59. The molecule has 1 amide bonds. The largest absolute Gasteiger partial charge is 0.391 e. The Morgan fingerprint density at radius 2 is 1.96 bits per heavy atom. The fraction of sp³-hybridized carbons (Fsp3) is 0.286. The number of aliphatic hydroxyl groups excluding tert-OH is 1. The highest BCUT2D eigenvalue weighted by atomic mass is 16.3. The van der Waals surface area contributed by atoms with Gasteiger partial charge in [-0.2, -0.15) is 0 Å². The number of aromatic nitrogens is 1. The first-order valence-electron chi connectivity index (χ1n) is 8.68. The van der Waals surface area contributed by atoms with Crippen LogP contribution in [0.2, 0.25) is 0 Å². The summed E-state index contributed by atoms with van der Waals surface area (Å²) >= 11 is 0. The number of amides is 1. The molecule has 3 N–H and O–H groups in total. The number of rotatable bonds is 7. The van der Waals surface area contributed by atoms with Crippen LogP contribution in [0.1, 0.15) is 23.1 Å². The van der Waals surface area contributed by atoms with E-state index in [2.05, 4.69) is 29.4 Å². The minimum atomic E-state index is -0.568. The van der Waals surface area contributed by atoms with E-state index in [4.69, 9.17) is 0 Å². The summed E-state index contributed by atoms with van der Waals surface area (Å²) in [4.78, 5) is 15.4. The van der Waals surface area contributed by atoms with Gasteiger partial charge in [0.05, 0.1) is 6.10 Å². The molecule has 2 aromatic carbocycles. The van der Waals surface area contributed by atoms with Crippen molar-refractivity contribution in [3.8, 4) is 0 Å². The first-order valence-corrected chi connectivity index (χ1v) is 8.68. The van der Waals surface area contributed by atoms with Crippen LogP contribution < -0.4 is 5.32 Å². The molecule has 0 bridgehead atoms. The van der Waals surface area contributed by atoms with Gasteiger partial charge < -0.3 is 15.4 Å². The number of carbonyl (C=O) groups excluding carboxylic acids is 1. The maximum absolute atomic E-state index is 12.1. The van der Waals surface area contributed by atoms with E-state index in [-0.39, 0.29) is 12.5 Å². The third-order valence-electron chi connectivity index (χ3n) is 4.48. The Bertz CT molecular complexity index is 839. The van der Waals surface area contributed by atoms with E-state index in [9.17, 15) is 9.90 Å². The molecule has 0 aliphatic rings. The molecule has 1 aromatic heterocycles. The Labute approximate surface area is 147 Å². The molecule has 1 atom stereocenters. The number of nitrogens with one attached hydrogen (secondary N) is 2. The topological polar surface area (TPSA) is 65.1 Å². The lowest BCUT2D eigenvalue weighted by atomic mass is 10.1. The summed E-state index contributed by atoms with van der Waals surface area (Å²) in [5.41, 5.74) is 4.56. The number of hydrogen-bond donors (Lipinski definition) is 3. The third kappa shape index (κ3) is 4.48. The Morgan fingerprint density at radius 1 is 1.16 bits per heavy atom. The van der Waals surface area contributed by atoms with Crippen LogP contribution in [-0.2, 0) is 17.6 Å². The van der Waals surface area contributed by atoms with Gasteiger partial charge in [-0.15, -0.1) is 0 Å². The zero-order chi connectivity index (χ0) is 17.6. The van der Waals surface area contributed by atoms with E-state index in [0.29, 0.717) is 19.3 Å². The van der Waals surface area contributed by atoms with Crippen molar-refractivity contribution in [2.24, 2.45) is 0 Å². The van der Waals surface area contributed by atoms with Crippen LogP contribution in [0.15, 0.2) is 54.7 Å². The standard InChI is InChI=1S/C21H24N2O2/c1-15-6-5-9-19-17(13-23-21(15)19)10-11-20(25)22-14-18(24)12-16-7-3-2-4-8-16/h2-9,13,18,23-24H,10-12,14H2,1H3,(H,22,25). The second-order valence-electron chi connectivity index (χ2n) is 6.46. The van der Waals surface area contributed by atoms with Gasteiger partial charge in [-0.1, -0.05) is 48.5 Å². The van der Waals surface area contributed by atoms with Crippen LogP contribution >= 0.6 is 0 Å². The fourth-order valence-corrected chi connectivity index (χ4v) is 3.10. The number of hydrogen-bond acceptors (Lipinski definition) is 2. The second-order valence-corrected chi connectivity index (χ2v) is 6.46. The van der Waals surface area contributed by atoms with Crippen LogP contribution in [0, 0.1) is 6.92 Å². The molecule has 1 heterocycles. The summed E-state index contributed by atoms with van der Waals surface area (Å²) in [5, 5.41) is 14.1. The lowest BCUT2D eigenvalue weighted by Crippen LogP contribution is -2.33. The Morgan fingerprint density at radius 3 is 2.76 bits per heavy atom. The summed E-state index contributed by atoms with van der Waals surface area (Å²) < 4.78 is 0. The van der Waals surface area contributed by atoms with E-state index in [1.807, 2.05) is 42.6 Å². The van der Waals surface area contributed by atoms with Crippen molar-refractivity contribution < 1.29 is 9.90 Å². The van der Waals surface area contributed by atoms with E-state index in [1.54, 1.807) is 0 Å². The smallest absolute Gasteiger partial charge is 0.220 e. The molecule has 0 fully saturated rings. The fourth-order valence-electron chi connectivity index (χ4n) is 3.10. The van der Waals surface area contributed by atoms with Gasteiger partial charge in [0.1, 0.15) is 0 Å². The average Bonchev–Trinajstić information content (AvgIpc) is 3.03. The van der Waals surface area contributed by atoms with Crippen LogP contribution in [0.3, 0.4) is 0 Å². The molecule has 25 heavy (non-hydrogen) atoms. The molecule has 4 heteroatoms. The highest BCUT2D eigenvalue weighted by Crippen LogP contribution is 2.22. The molecule has 4 nitrogen and oxygen atoms in total. The molecule has 0 spiro atoms. The van der Waals surface area contributed by atoms with Gasteiger partial charge in [-0.05, 0) is 30.0 Å². The minimum Gasteiger partial charge on any atom is -0.391 e. The van der Waals surface area contributed by atoms with Crippen molar-refractivity contribution in [3.63, 3.8) is 0 Å². The first kappa shape index (κ1) is 17.2. The predicted molar refractivity (Wildman–Crippen MR) is 101 cm³/mol. The van der Waals surface area contributed by atoms with Crippen molar-refractivity contribution in [1.29, 1.82) is 0 Å². The quantitative estimate of drug-likeness (QED) is 0.621. The molecule has 0 aliphatic carbocycles. The maximum atomic E-state index is 12.1. The molecule has 1 unspecified atom stereocenters. The molecule has 0 aliphatic heterocycles. The number of aromatic amines is 1. The Kier molecular flexibility index (Phi) is 5.51. The number of benzene rings is 2. The van der Waals surface area contributed by atoms with E-state index < -0.39 is 6.10 Å². The third-order valence-corrected chi connectivity index (χ3v) is 4.48. The highest BCUT2D eigenvalue weighted by Gasteiger charge is 2.10. The van der Waals surface area contributed by atoms with Crippen molar-refractivity contribution in [1.82, 2.24) is 10.3 Å². The summed E-state index contributed by atoms with van der Waals surface area (Å²) in [6.07, 6.45) is 3.06. The van der Waals surface area contributed by atoms with Gasteiger partial charge in [0.2, 0.25) is 5.91 Å². The summed E-state index contributed by atoms with van der Waals surface area (Å²) in [5.74, 6) is -0.0332. The van der Waals surface area contributed by atoms with Crippen LogP contribution in [-0.4, -0.2) is 28.6 Å². The molecule has 0 radical (unpaired) electrons. The van der Waals surface area contributed by atoms with Crippen molar-refractivity contribution in [2.45, 2.75) is 32.3 Å². The van der Waals surface area contributed by atoms with Crippen LogP contribution in [0.5, 0.6) is 0 Å². The second kappa shape index (κ2) is 7.99. The number of para-hydroxylation sites is 1. The molecule has 130 valence electrons. The maximum Gasteiger partial charge on any atom is 0.220 e. The summed E-state index contributed by atoms with van der Waals surface area (Å²) in [6, 6.07) is 16.0. The van der Waals surface area contributed by atoms with Gasteiger partial charge in [0.15, 0.2) is 0 Å². The van der Waals surface area contributed by atoms with Crippen LogP contribution in [0.4, 0.5) is 0 Å². The molecule has 3 aromatic rings. The van der Waals surface area contributed by atoms with E-state index in [1.165, 1.54) is 10.9 Å².